The summed E-state index contributed by atoms with van der Waals surface area (Å²) in [6, 6.07) is 4.39. The number of hydrogen-bond donors (Lipinski definition) is 2. The molecule has 0 aliphatic rings. The molecule has 8 heteroatoms. The van der Waals surface area contributed by atoms with Crippen molar-refractivity contribution in [3.8, 4) is 11.6 Å². The van der Waals surface area contributed by atoms with E-state index in [0.717, 1.165) is 0 Å². The lowest BCUT2D eigenvalue weighted by Crippen LogP contribution is -2.15. The predicted molar refractivity (Wildman–Crippen MR) is 74.6 cm³/mol. The summed E-state index contributed by atoms with van der Waals surface area (Å²) < 4.78 is 21.3. The Morgan fingerprint density at radius 3 is 2.85 bits per heavy atom. The number of amidine groups is 1. The van der Waals surface area contributed by atoms with E-state index in [1.165, 1.54) is 16.8 Å². The summed E-state index contributed by atoms with van der Waals surface area (Å²) in [5, 5.41) is 15.8. The maximum atomic E-state index is 13.8. The van der Waals surface area contributed by atoms with Crippen molar-refractivity contribution >= 4 is 21.8 Å². The molecule has 0 saturated heterocycles. The first-order valence-corrected chi connectivity index (χ1v) is 6.37. The molecule has 0 bridgehead atoms. The molecule has 0 spiro atoms. The predicted octanol–water partition coefficient (Wildman–Crippen LogP) is 2.52. The van der Waals surface area contributed by atoms with Gasteiger partial charge in [-0.1, -0.05) is 21.1 Å². The van der Waals surface area contributed by atoms with Crippen LogP contribution in [0.25, 0.3) is 0 Å². The van der Waals surface area contributed by atoms with Crippen molar-refractivity contribution in [2.45, 2.75) is 6.92 Å². The first-order valence-electron chi connectivity index (χ1n) is 5.58. The second-order valence-electron chi connectivity index (χ2n) is 4.05. The van der Waals surface area contributed by atoms with Crippen LogP contribution in [0.2, 0.25) is 0 Å². The van der Waals surface area contributed by atoms with Crippen LogP contribution in [0, 0.1) is 12.7 Å². The zero-order valence-corrected chi connectivity index (χ0v) is 12.3. The lowest BCUT2D eigenvalue weighted by atomic mass is 10.2. The maximum Gasteiger partial charge on any atom is 0.229 e. The molecule has 106 valence electrons. The standard InChI is InChI=1S/C12H12BrFN4O2/c1-6-10(11(15)17-19)12(18(2)16-6)20-9-4-3-7(13)5-8(9)14/h3-5,19H,1-2H3,(H2,15,17). The fraction of sp³-hybridized carbons (Fsp3) is 0.167. The fourth-order valence-corrected chi connectivity index (χ4v) is 2.09. The second-order valence-corrected chi connectivity index (χ2v) is 4.97. The van der Waals surface area contributed by atoms with Crippen LogP contribution in [0.5, 0.6) is 11.6 Å². The third kappa shape index (κ3) is 2.60. The topological polar surface area (TPSA) is 85.7 Å². The van der Waals surface area contributed by atoms with Crippen molar-refractivity contribution in [3.05, 3.63) is 39.7 Å². The van der Waals surface area contributed by atoms with Crippen molar-refractivity contribution in [1.82, 2.24) is 9.78 Å². The minimum absolute atomic E-state index is 0.0168. The summed E-state index contributed by atoms with van der Waals surface area (Å²) in [5.41, 5.74) is 6.42. The van der Waals surface area contributed by atoms with Crippen LogP contribution < -0.4 is 10.5 Å². The Balaban J connectivity index is 2.48. The van der Waals surface area contributed by atoms with Crippen molar-refractivity contribution in [2.75, 3.05) is 0 Å². The molecule has 3 N–H and O–H groups in total. The fourth-order valence-electron chi connectivity index (χ4n) is 1.76. The summed E-state index contributed by atoms with van der Waals surface area (Å²) in [5.74, 6) is -0.478. The van der Waals surface area contributed by atoms with Crippen molar-refractivity contribution < 1.29 is 14.3 Å². The number of hydrogen-bond acceptors (Lipinski definition) is 4. The van der Waals surface area contributed by atoms with Gasteiger partial charge in [0.15, 0.2) is 17.4 Å². The van der Waals surface area contributed by atoms with Gasteiger partial charge in [0, 0.05) is 11.5 Å². The molecule has 2 rings (SSSR count). The van der Waals surface area contributed by atoms with E-state index in [2.05, 4.69) is 26.2 Å². The van der Waals surface area contributed by atoms with Gasteiger partial charge in [0.05, 0.1) is 5.69 Å². The molecular weight excluding hydrogens is 331 g/mol. The molecule has 6 nitrogen and oxygen atoms in total. The Hall–Kier alpha value is -2.09. The van der Waals surface area contributed by atoms with Gasteiger partial charge in [-0.2, -0.15) is 5.10 Å². The zero-order valence-electron chi connectivity index (χ0n) is 10.8. The number of halogens is 2. The lowest BCUT2D eigenvalue weighted by molar-refractivity contribution is 0.318. The molecule has 0 aliphatic heterocycles. The number of aryl methyl sites for hydroxylation is 2. The molecule has 1 aromatic carbocycles. The van der Waals surface area contributed by atoms with Crippen LogP contribution in [-0.4, -0.2) is 20.8 Å². The molecule has 0 atom stereocenters. The third-order valence-corrected chi connectivity index (χ3v) is 3.13. The first kappa shape index (κ1) is 14.3. The monoisotopic (exact) mass is 342 g/mol. The van der Waals surface area contributed by atoms with Gasteiger partial charge in [0.25, 0.3) is 0 Å². The number of nitrogens with two attached hydrogens (primary N) is 1. The van der Waals surface area contributed by atoms with Crippen LogP contribution in [0.1, 0.15) is 11.3 Å². The van der Waals surface area contributed by atoms with Gasteiger partial charge < -0.3 is 15.7 Å². The van der Waals surface area contributed by atoms with Gasteiger partial charge in [-0.3, -0.25) is 0 Å². The molecule has 0 aliphatic carbocycles. The minimum atomic E-state index is -0.538. The van der Waals surface area contributed by atoms with Crippen LogP contribution in [0.15, 0.2) is 27.8 Å². The Labute approximate surface area is 122 Å². The molecule has 20 heavy (non-hydrogen) atoms. The third-order valence-electron chi connectivity index (χ3n) is 2.63. The molecule has 0 amide bonds. The first-order chi connectivity index (χ1) is 9.43. The molecular formula is C12H12BrFN4O2. The molecule has 0 fully saturated rings. The quantitative estimate of drug-likeness (QED) is 0.388. The Morgan fingerprint density at radius 1 is 1.55 bits per heavy atom. The molecule has 0 radical (unpaired) electrons. The van der Waals surface area contributed by atoms with Gasteiger partial charge >= 0.3 is 0 Å². The van der Waals surface area contributed by atoms with E-state index < -0.39 is 5.82 Å². The average Bonchev–Trinajstić information content (AvgIpc) is 2.66. The number of benzene rings is 1. The van der Waals surface area contributed by atoms with Crippen LogP contribution >= 0.6 is 15.9 Å². The summed E-state index contributed by atoms with van der Waals surface area (Å²) in [7, 11) is 1.62. The van der Waals surface area contributed by atoms with Gasteiger partial charge in [-0.25, -0.2) is 9.07 Å². The minimum Gasteiger partial charge on any atom is -0.435 e. The summed E-state index contributed by atoms with van der Waals surface area (Å²) in [6.45, 7) is 1.68. The van der Waals surface area contributed by atoms with Gasteiger partial charge in [0.1, 0.15) is 5.56 Å². The molecule has 1 heterocycles. The van der Waals surface area contributed by atoms with E-state index in [0.29, 0.717) is 15.7 Å². The highest BCUT2D eigenvalue weighted by atomic mass is 79.9. The van der Waals surface area contributed by atoms with Crippen LogP contribution in [-0.2, 0) is 7.05 Å². The van der Waals surface area contributed by atoms with Crippen molar-refractivity contribution in [1.29, 1.82) is 0 Å². The normalized spacial score (nSPS) is 11.7. The number of ether oxygens (including phenoxy) is 1. The Kier molecular flexibility index (Phi) is 3.93. The maximum absolute atomic E-state index is 13.8. The Morgan fingerprint density at radius 2 is 2.25 bits per heavy atom. The van der Waals surface area contributed by atoms with Gasteiger partial charge in [0.2, 0.25) is 5.88 Å². The lowest BCUT2D eigenvalue weighted by Gasteiger charge is -2.09. The van der Waals surface area contributed by atoms with Gasteiger partial charge in [-0.15, -0.1) is 0 Å². The van der Waals surface area contributed by atoms with Crippen molar-refractivity contribution in [3.63, 3.8) is 0 Å². The van der Waals surface area contributed by atoms with Crippen LogP contribution in [0.3, 0.4) is 0 Å². The molecule has 0 unspecified atom stereocenters. The van der Waals surface area contributed by atoms with E-state index in [1.54, 1.807) is 20.0 Å². The number of aromatic nitrogens is 2. The highest BCUT2D eigenvalue weighted by Gasteiger charge is 2.20. The van der Waals surface area contributed by atoms with E-state index in [9.17, 15) is 4.39 Å². The molecule has 2 aromatic rings. The average molecular weight is 343 g/mol. The largest absolute Gasteiger partial charge is 0.435 e. The van der Waals surface area contributed by atoms with E-state index in [1.807, 2.05) is 0 Å². The summed E-state index contributed by atoms with van der Waals surface area (Å²) >= 11 is 3.16. The van der Waals surface area contributed by atoms with Gasteiger partial charge in [-0.05, 0) is 25.1 Å². The number of nitrogens with zero attached hydrogens (tertiary/aromatic N) is 3. The zero-order chi connectivity index (χ0) is 14.9. The SMILES string of the molecule is Cc1nn(C)c(Oc2ccc(Br)cc2F)c1C(N)=NO. The van der Waals surface area contributed by atoms with E-state index in [4.69, 9.17) is 15.7 Å². The highest BCUT2D eigenvalue weighted by molar-refractivity contribution is 9.10. The summed E-state index contributed by atoms with van der Waals surface area (Å²) in [6.07, 6.45) is 0. The van der Waals surface area contributed by atoms with E-state index in [-0.39, 0.29) is 17.5 Å². The smallest absolute Gasteiger partial charge is 0.229 e. The van der Waals surface area contributed by atoms with E-state index >= 15 is 0 Å². The van der Waals surface area contributed by atoms with Crippen molar-refractivity contribution in [2.24, 2.45) is 17.9 Å². The second kappa shape index (κ2) is 5.49. The van der Waals surface area contributed by atoms with Crippen LogP contribution in [0.4, 0.5) is 4.39 Å². The highest BCUT2D eigenvalue weighted by Crippen LogP contribution is 2.30. The number of rotatable bonds is 3. The summed E-state index contributed by atoms with van der Waals surface area (Å²) in [4.78, 5) is 0. The number of oxime groups is 1. The molecule has 0 saturated carbocycles. The molecule has 1 aromatic heterocycles. The Bertz CT molecular complexity index is 684.